The number of unbranched alkanes of at least 4 members (excludes halogenated alkanes) is 13. The van der Waals surface area contributed by atoms with Crippen molar-refractivity contribution < 1.29 is 9.90 Å². The van der Waals surface area contributed by atoms with Crippen molar-refractivity contribution in [2.45, 2.75) is 136 Å². The molecule has 27 heavy (non-hydrogen) atoms. The van der Waals surface area contributed by atoms with E-state index in [0.29, 0.717) is 6.54 Å². The van der Waals surface area contributed by atoms with E-state index in [1.54, 1.807) is 0 Å². The van der Waals surface area contributed by atoms with Crippen LogP contribution in [0.15, 0.2) is 0 Å². The minimum Gasteiger partial charge on any atom is -0.391 e. The van der Waals surface area contributed by atoms with Gasteiger partial charge in [0.25, 0.3) is 0 Å². The lowest BCUT2D eigenvalue weighted by Gasteiger charge is -2.20. The highest BCUT2D eigenvalue weighted by Gasteiger charge is 2.15. The summed E-state index contributed by atoms with van der Waals surface area (Å²) >= 11 is 0. The van der Waals surface area contributed by atoms with Crippen LogP contribution in [0.25, 0.3) is 0 Å². The first kappa shape index (κ1) is 26.2. The fourth-order valence-corrected chi connectivity index (χ4v) is 3.35. The minimum atomic E-state index is -0.449. The van der Waals surface area contributed by atoms with Crippen molar-refractivity contribution in [3.05, 3.63) is 0 Å². The average Bonchev–Trinajstić information content (AvgIpc) is 2.65. The summed E-state index contributed by atoms with van der Waals surface area (Å²) in [5.41, 5.74) is 0. The molecule has 3 N–H and O–H groups in total. The molecular formula is C23H48N2O2. The van der Waals surface area contributed by atoms with Gasteiger partial charge in [0.2, 0.25) is 0 Å². The number of urea groups is 1. The van der Waals surface area contributed by atoms with E-state index in [0.717, 1.165) is 25.7 Å². The molecule has 0 aromatic rings. The summed E-state index contributed by atoms with van der Waals surface area (Å²) < 4.78 is 0. The van der Waals surface area contributed by atoms with E-state index in [1.807, 2.05) is 6.92 Å². The highest BCUT2D eigenvalue weighted by atomic mass is 16.3. The Morgan fingerprint density at radius 1 is 0.741 bits per heavy atom. The van der Waals surface area contributed by atoms with Crippen molar-refractivity contribution in [2.24, 2.45) is 0 Å². The van der Waals surface area contributed by atoms with E-state index in [9.17, 15) is 9.90 Å². The van der Waals surface area contributed by atoms with Gasteiger partial charge in [0, 0.05) is 6.54 Å². The van der Waals surface area contributed by atoms with Crippen molar-refractivity contribution in [3.63, 3.8) is 0 Å². The molecule has 0 radical (unpaired) electrons. The standard InChI is InChI=1S/C23H48N2O2/c1-4-6-8-9-10-11-12-13-14-15-16-17-18-19-22(26)21(3)25-23(27)24-20-7-5-2/h21-22,26H,4-20H2,1-3H3,(H2,24,25,27). The smallest absolute Gasteiger partial charge is 0.315 e. The number of carbonyl (C=O) groups excluding carboxylic acids is 1. The third-order valence-corrected chi connectivity index (χ3v) is 5.36. The largest absolute Gasteiger partial charge is 0.391 e. The first-order valence-electron chi connectivity index (χ1n) is 11.8. The van der Waals surface area contributed by atoms with Crippen LogP contribution in [-0.2, 0) is 0 Å². The van der Waals surface area contributed by atoms with E-state index in [-0.39, 0.29) is 12.1 Å². The van der Waals surface area contributed by atoms with Gasteiger partial charge >= 0.3 is 6.03 Å². The van der Waals surface area contributed by atoms with Gasteiger partial charge in [0.1, 0.15) is 0 Å². The molecule has 2 amide bonds. The highest BCUT2D eigenvalue weighted by Crippen LogP contribution is 2.14. The van der Waals surface area contributed by atoms with Gasteiger partial charge in [-0.25, -0.2) is 4.79 Å². The number of aliphatic hydroxyl groups excluding tert-OH is 1. The Bertz CT molecular complexity index is 324. The lowest BCUT2D eigenvalue weighted by molar-refractivity contribution is 0.124. The number of carbonyl (C=O) groups is 1. The van der Waals surface area contributed by atoms with Crippen LogP contribution in [0.1, 0.15) is 124 Å². The Morgan fingerprint density at radius 2 is 1.19 bits per heavy atom. The number of hydrogen-bond donors (Lipinski definition) is 3. The summed E-state index contributed by atoms with van der Waals surface area (Å²) in [4.78, 5) is 11.7. The third-order valence-electron chi connectivity index (χ3n) is 5.36. The van der Waals surface area contributed by atoms with Crippen LogP contribution < -0.4 is 10.6 Å². The fraction of sp³-hybridized carbons (Fsp3) is 0.957. The summed E-state index contributed by atoms with van der Waals surface area (Å²) in [7, 11) is 0. The molecule has 4 heteroatoms. The maximum absolute atomic E-state index is 11.7. The van der Waals surface area contributed by atoms with Gasteiger partial charge in [-0.1, -0.05) is 104 Å². The Balaban J connectivity index is 3.39. The summed E-state index contributed by atoms with van der Waals surface area (Å²) in [5, 5.41) is 15.8. The second-order valence-corrected chi connectivity index (χ2v) is 8.14. The molecule has 0 saturated heterocycles. The van der Waals surface area contributed by atoms with Crippen LogP contribution in [-0.4, -0.2) is 29.8 Å². The fourth-order valence-electron chi connectivity index (χ4n) is 3.35. The van der Waals surface area contributed by atoms with Crippen molar-refractivity contribution in [1.29, 1.82) is 0 Å². The summed E-state index contributed by atoms with van der Waals surface area (Å²) in [6.45, 7) is 6.95. The van der Waals surface area contributed by atoms with Crippen LogP contribution in [0.2, 0.25) is 0 Å². The van der Waals surface area contributed by atoms with Gasteiger partial charge < -0.3 is 15.7 Å². The third kappa shape index (κ3) is 18.4. The van der Waals surface area contributed by atoms with E-state index in [1.165, 1.54) is 77.0 Å². The van der Waals surface area contributed by atoms with E-state index < -0.39 is 6.10 Å². The molecule has 0 rings (SSSR count). The molecule has 0 aromatic heterocycles. The molecule has 2 unspecified atom stereocenters. The van der Waals surface area contributed by atoms with Gasteiger partial charge in [0.15, 0.2) is 0 Å². The second kappa shape index (κ2) is 20.0. The van der Waals surface area contributed by atoms with Crippen molar-refractivity contribution in [1.82, 2.24) is 10.6 Å². The highest BCUT2D eigenvalue weighted by molar-refractivity contribution is 5.74. The molecule has 4 nitrogen and oxygen atoms in total. The van der Waals surface area contributed by atoms with Crippen molar-refractivity contribution in [3.8, 4) is 0 Å². The molecule has 0 saturated carbocycles. The lowest BCUT2D eigenvalue weighted by atomic mass is 10.0. The molecule has 0 aliphatic carbocycles. The van der Waals surface area contributed by atoms with E-state index in [2.05, 4.69) is 24.5 Å². The van der Waals surface area contributed by atoms with Gasteiger partial charge in [-0.05, 0) is 19.8 Å². The number of hydrogen-bond acceptors (Lipinski definition) is 2. The van der Waals surface area contributed by atoms with Crippen molar-refractivity contribution >= 4 is 6.03 Å². The maximum Gasteiger partial charge on any atom is 0.315 e. The minimum absolute atomic E-state index is 0.166. The van der Waals surface area contributed by atoms with Crippen LogP contribution in [0.5, 0.6) is 0 Å². The number of aliphatic hydroxyl groups is 1. The van der Waals surface area contributed by atoms with Gasteiger partial charge in [-0.15, -0.1) is 0 Å². The summed E-state index contributed by atoms with van der Waals surface area (Å²) in [5.74, 6) is 0. The lowest BCUT2D eigenvalue weighted by Crippen LogP contribution is -2.46. The number of amides is 2. The SMILES string of the molecule is CCCCCCCCCCCCCCCC(O)C(C)NC(=O)NCCCC. The monoisotopic (exact) mass is 384 g/mol. The molecule has 2 atom stereocenters. The molecule has 0 fully saturated rings. The predicted molar refractivity (Wildman–Crippen MR) is 117 cm³/mol. The quantitative estimate of drug-likeness (QED) is 0.228. The van der Waals surface area contributed by atoms with Crippen LogP contribution in [0.4, 0.5) is 4.79 Å². The molecule has 0 bridgehead atoms. The van der Waals surface area contributed by atoms with E-state index in [4.69, 9.17) is 0 Å². The molecule has 0 aromatic carbocycles. The molecule has 162 valence electrons. The number of rotatable bonds is 19. The van der Waals surface area contributed by atoms with Crippen LogP contribution in [0.3, 0.4) is 0 Å². The first-order chi connectivity index (χ1) is 13.1. The van der Waals surface area contributed by atoms with Gasteiger partial charge in [-0.2, -0.15) is 0 Å². The maximum atomic E-state index is 11.7. The van der Waals surface area contributed by atoms with Crippen molar-refractivity contribution in [2.75, 3.05) is 6.54 Å². The zero-order valence-corrected chi connectivity index (χ0v) is 18.5. The number of nitrogens with one attached hydrogen (secondary N) is 2. The van der Waals surface area contributed by atoms with Crippen LogP contribution in [0, 0.1) is 0 Å². The zero-order valence-electron chi connectivity index (χ0n) is 18.5. The average molecular weight is 385 g/mol. The Labute approximate surface area is 169 Å². The molecule has 0 heterocycles. The molecular weight excluding hydrogens is 336 g/mol. The van der Waals surface area contributed by atoms with Gasteiger partial charge in [-0.3, -0.25) is 0 Å². The van der Waals surface area contributed by atoms with Gasteiger partial charge in [0.05, 0.1) is 12.1 Å². The molecule has 0 aliphatic heterocycles. The molecule has 0 aliphatic rings. The topological polar surface area (TPSA) is 61.4 Å². The predicted octanol–water partition coefficient (Wildman–Crippen LogP) is 6.32. The van der Waals surface area contributed by atoms with E-state index >= 15 is 0 Å². The summed E-state index contributed by atoms with van der Waals surface area (Å²) in [6.07, 6.45) is 19.7. The normalized spacial score (nSPS) is 13.3. The first-order valence-corrected chi connectivity index (χ1v) is 11.8. The zero-order chi connectivity index (χ0) is 20.2. The second-order valence-electron chi connectivity index (χ2n) is 8.14. The Hall–Kier alpha value is -0.770. The Morgan fingerprint density at radius 3 is 1.67 bits per heavy atom. The molecule has 0 spiro atoms. The Kier molecular flexibility index (Phi) is 19.4. The van der Waals surface area contributed by atoms with Crippen LogP contribution >= 0.6 is 0 Å². The summed E-state index contributed by atoms with van der Waals surface area (Å²) in [6, 6.07) is -0.357.